The normalized spacial score (nSPS) is 23.2. The molecule has 15 heavy (non-hydrogen) atoms. The molecular weight excluding hydrogens is 204 g/mol. The molecule has 81 valence electrons. The molecule has 1 aromatic rings. The Bertz CT molecular complexity index is 328. The molecule has 0 aromatic carbocycles. The molecule has 3 rings (SSSR count). The largest absolute Gasteiger partial charge is 0.298 e. The highest BCUT2D eigenvalue weighted by atomic mass is 32.1. The van der Waals surface area contributed by atoms with Crippen molar-refractivity contribution < 1.29 is 0 Å². The number of aromatic nitrogens is 1. The van der Waals surface area contributed by atoms with Gasteiger partial charge in [0.2, 0.25) is 0 Å². The Balaban J connectivity index is 1.61. The van der Waals surface area contributed by atoms with Crippen LogP contribution in [-0.4, -0.2) is 23.0 Å². The van der Waals surface area contributed by atoms with Crippen LogP contribution in [0.15, 0.2) is 0 Å². The van der Waals surface area contributed by atoms with Gasteiger partial charge in [-0.1, -0.05) is 12.8 Å². The minimum atomic E-state index is 0.975. The summed E-state index contributed by atoms with van der Waals surface area (Å²) in [6.07, 6.45) is 6.97. The summed E-state index contributed by atoms with van der Waals surface area (Å²) in [4.78, 5) is 8.36. The third-order valence-corrected chi connectivity index (χ3v) is 4.49. The van der Waals surface area contributed by atoms with Crippen molar-refractivity contribution in [3.63, 3.8) is 0 Å². The molecule has 1 saturated carbocycles. The highest BCUT2D eigenvalue weighted by molar-refractivity contribution is 7.09. The van der Waals surface area contributed by atoms with Gasteiger partial charge in [0.25, 0.3) is 0 Å². The zero-order chi connectivity index (χ0) is 10.1. The minimum Gasteiger partial charge on any atom is -0.298 e. The Morgan fingerprint density at radius 2 is 2.27 bits per heavy atom. The van der Waals surface area contributed by atoms with Crippen LogP contribution in [0.25, 0.3) is 0 Å². The fourth-order valence-corrected chi connectivity index (χ4v) is 3.61. The number of hydrogen-bond acceptors (Lipinski definition) is 3. The van der Waals surface area contributed by atoms with E-state index in [4.69, 9.17) is 0 Å². The lowest BCUT2D eigenvalue weighted by Gasteiger charge is -2.28. The number of hydrogen-bond donors (Lipinski definition) is 0. The van der Waals surface area contributed by atoms with E-state index >= 15 is 0 Å². The van der Waals surface area contributed by atoms with Gasteiger partial charge in [-0.2, -0.15) is 0 Å². The number of thiazole rings is 1. The van der Waals surface area contributed by atoms with Gasteiger partial charge in [-0.25, -0.2) is 4.98 Å². The standard InChI is InChI=1S/C12H17N2S/c1-2-4-10(3-1)7-14-6-5-11-12(8-14)15-9-13-11/h10H,1-8H2. The van der Waals surface area contributed by atoms with Crippen molar-refractivity contribution in [1.82, 2.24) is 9.88 Å². The van der Waals surface area contributed by atoms with Gasteiger partial charge in [0.1, 0.15) is 0 Å². The summed E-state index contributed by atoms with van der Waals surface area (Å²) < 4.78 is 0. The van der Waals surface area contributed by atoms with Gasteiger partial charge in [-0.05, 0) is 18.8 Å². The van der Waals surface area contributed by atoms with Crippen molar-refractivity contribution in [3.8, 4) is 0 Å². The topological polar surface area (TPSA) is 16.1 Å². The molecule has 0 amide bonds. The first-order valence-corrected chi connectivity index (χ1v) is 6.80. The van der Waals surface area contributed by atoms with E-state index in [1.807, 2.05) is 0 Å². The molecule has 1 aromatic heterocycles. The maximum Gasteiger partial charge on any atom is 0.152 e. The van der Waals surface area contributed by atoms with E-state index in [2.05, 4.69) is 15.4 Å². The Kier molecular flexibility index (Phi) is 2.76. The van der Waals surface area contributed by atoms with E-state index in [-0.39, 0.29) is 0 Å². The van der Waals surface area contributed by atoms with Gasteiger partial charge < -0.3 is 0 Å². The molecule has 0 spiro atoms. The SMILES string of the molecule is [c]1nc2c(s1)CN(CC1CCCC1)CC2. The van der Waals surface area contributed by atoms with Crippen molar-refractivity contribution >= 4 is 11.3 Å². The Morgan fingerprint density at radius 3 is 3.13 bits per heavy atom. The Morgan fingerprint density at radius 1 is 1.40 bits per heavy atom. The third kappa shape index (κ3) is 2.08. The van der Waals surface area contributed by atoms with Crippen molar-refractivity contribution in [1.29, 1.82) is 0 Å². The van der Waals surface area contributed by atoms with Gasteiger partial charge in [0.05, 0.1) is 5.69 Å². The number of nitrogens with zero attached hydrogens (tertiary/aromatic N) is 2. The molecule has 0 unspecified atom stereocenters. The van der Waals surface area contributed by atoms with Crippen LogP contribution >= 0.6 is 11.3 Å². The summed E-state index contributed by atoms with van der Waals surface area (Å²) >= 11 is 1.71. The molecular formula is C12H17N2S. The van der Waals surface area contributed by atoms with Gasteiger partial charge >= 0.3 is 0 Å². The molecule has 1 fully saturated rings. The quantitative estimate of drug-likeness (QED) is 0.763. The van der Waals surface area contributed by atoms with Crippen LogP contribution in [0, 0.1) is 11.4 Å². The molecule has 3 heteroatoms. The van der Waals surface area contributed by atoms with Crippen LogP contribution in [0.3, 0.4) is 0 Å². The fraction of sp³-hybridized carbons (Fsp3) is 0.750. The number of rotatable bonds is 2. The average molecular weight is 221 g/mol. The summed E-state index contributed by atoms with van der Waals surface area (Å²) in [5, 5.41) is 0. The molecule has 0 atom stereocenters. The van der Waals surface area contributed by atoms with Gasteiger partial charge in [-0.15, -0.1) is 11.3 Å². The highest BCUT2D eigenvalue weighted by Gasteiger charge is 2.23. The van der Waals surface area contributed by atoms with Crippen LogP contribution in [-0.2, 0) is 13.0 Å². The van der Waals surface area contributed by atoms with E-state index in [9.17, 15) is 0 Å². The predicted molar refractivity (Wildman–Crippen MR) is 61.9 cm³/mol. The van der Waals surface area contributed by atoms with Crippen LogP contribution in [0.5, 0.6) is 0 Å². The van der Waals surface area contributed by atoms with E-state index in [0.717, 1.165) is 18.9 Å². The smallest absolute Gasteiger partial charge is 0.152 e. The fourth-order valence-electron chi connectivity index (χ4n) is 2.83. The lowest BCUT2D eigenvalue weighted by atomic mass is 10.1. The first-order valence-electron chi connectivity index (χ1n) is 5.99. The van der Waals surface area contributed by atoms with Crippen molar-refractivity contribution in [2.45, 2.75) is 38.6 Å². The summed E-state index contributed by atoms with van der Waals surface area (Å²) in [5.41, 5.74) is 4.33. The molecule has 2 nitrogen and oxygen atoms in total. The first kappa shape index (κ1) is 9.79. The van der Waals surface area contributed by atoms with Crippen LogP contribution in [0.4, 0.5) is 0 Å². The monoisotopic (exact) mass is 221 g/mol. The van der Waals surface area contributed by atoms with Crippen molar-refractivity contribution in [2.75, 3.05) is 13.1 Å². The van der Waals surface area contributed by atoms with E-state index in [1.54, 1.807) is 11.3 Å². The summed E-state index contributed by atoms with van der Waals surface area (Å²) in [5.74, 6) is 0.975. The lowest BCUT2D eigenvalue weighted by molar-refractivity contribution is 0.216. The number of fused-ring (bicyclic) bond motifs is 1. The van der Waals surface area contributed by atoms with Gasteiger partial charge in [0, 0.05) is 30.9 Å². The molecule has 0 N–H and O–H groups in total. The van der Waals surface area contributed by atoms with Crippen LogP contribution in [0.1, 0.15) is 36.3 Å². The highest BCUT2D eigenvalue weighted by Crippen LogP contribution is 2.28. The second-order valence-electron chi connectivity index (χ2n) is 4.81. The second-order valence-corrected chi connectivity index (χ2v) is 5.69. The molecule has 1 aliphatic heterocycles. The molecule has 2 heterocycles. The summed E-state index contributed by atoms with van der Waals surface area (Å²) in [6, 6.07) is 0. The summed E-state index contributed by atoms with van der Waals surface area (Å²) in [7, 11) is 0. The maximum atomic E-state index is 4.29. The third-order valence-electron chi connectivity index (χ3n) is 3.69. The molecule has 0 bridgehead atoms. The van der Waals surface area contributed by atoms with Crippen LogP contribution in [0.2, 0.25) is 0 Å². The van der Waals surface area contributed by atoms with Crippen LogP contribution < -0.4 is 0 Å². The Labute approximate surface area is 95.3 Å². The molecule has 0 saturated heterocycles. The zero-order valence-corrected chi connectivity index (χ0v) is 9.85. The molecule has 1 aliphatic carbocycles. The zero-order valence-electron chi connectivity index (χ0n) is 9.04. The van der Waals surface area contributed by atoms with Gasteiger partial charge in [-0.3, -0.25) is 4.90 Å². The average Bonchev–Trinajstić information content (AvgIpc) is 2.87. The second kappa shape index (κ2) is 4.22. The first-order chi connectivity index (χ1) is 7.42. The van der Waals surface area contributed by atoms with E-state index in [1.165, 1.54) is 49.3 Å². The van der Waals surface area contributed by atoms with E-state index < -0.39 is 0 Å². The van der Waals surface area contributed by atoms with E-state index in [0.29, 0.717) is 0 Å². The predicted octanol–water partition coefficient (Wildman–Crippen LogP) is 2.49. The lowest BCUT2D eigenvalue weighted by Crippen LogP contribution is -2.33. The minimum absolute atomic E-state index is 0.975. The van der Waals surface area contributed by atoms with Crippen molar-refractivity contribution in [2.24, 2.45) is 5.92 Å². The maximum absolute atomic E-state index is 4.29. The summed E-state index contributed by atoms with van der Waals surface area (Å²) in [6.45, 7) is 3.66. The molecule has 2 aliphatic rings. The van der Waals surface area contributed by atoms with Gasteiger partial charge in [0.15, 0.2) is 5.51 Å². The van der Waals surface area contributed by atoms with Crippen molar-refractivity contribution in [3.05, 3.63) is 16.1 Å². The molecule has 1 radical (unpaired) electrons. The Hall–Kier alpha value is -0.410.